The minimum Gasteiger partial charge on any atom is -0.377 e. The molecule has 0 radical (unpaired) electrons. The van der Waals surface area contributed by atoms with Crippen LogP contribution in [0.1, 0.15) is 25.0 Å². The molecule has 1 aromatic rings. The maximum absolute atomic E-state index is 12.9. The largest absolute Gasteiger partial charge is 0.377 e. The SMILES string of the molecule is COC(C)(C)C(N)Cc1ccc(F)cc1C. The Labute approximate surface area is 96.6 Å². The Bertz CT molecular complexity index is 363. The zero-order valence-electron chi connectivity index (χ0n) is 10.4. The second-order valence-corrected chi connectivity index (χ2v) is 4.69. The van der Waals surface area contributed by atoms with Crippen LogP contribution in [0.25, 0.3) is 0 Å². The van der Waals surface area contributed by atoms with Gasteiger partial charge in [-0.15, -0.1) is 0 Å². The van der Waals surface area contributed by atoms with Crippen LogP contribution in [-0.2, 0) is 11.2 Å². The lowest BCUT2D eigenvalue weighted by Crippen LogP contribution is -2.46. The Morgan fingerprint density at radius 2 is 2.06 bits per heavy atom. The summed E-state index contributed by atoms with van der Waals surface area (Å²) >= 11 is 0. The lowest BCUT2D eigenvalue weighted by Gasteiger charge is -2.30. The number of ether oxygens (including phenoxy) is 1. The highest BCUT2D eigenvalue weighted by Crippen LogP contribution is 2.18. The molecule has 0 bridgehead atoms. The lowest BCUT2D eigenvalue weighted by atomic mass is 9.91. The van der Waals surface area contributed by atoms with E-state index in [9.17, 15) is 4.39 Å². The van der Waals surface area contributed by atoms with Crippen LogP contribution in [0, 0.1) is 12.7 Å². The van der Waals surface area contributed by atoms with E-state index in [1.807, 2.05) is 20.8 Å². The molecule has 0 aliphatic carbocycles. The van der Waals surface area contributed by atoms with E-state index in [1.165, 1.54) is 12.1 Å². The van der Waals surface area contributed by atoms with E-state index in [4.69, 9.17) is 10.5 Å². The molecule has 1 rings (SSSR count). The molecule has 0 saturated heterocycles. The van der Waals surface area contributed by atoms with Crippen molar-refractivity contribution < 1.29 is 9.13 Å². The van der Waals surface area contributed by atoms with E-state index in [1.54, 1.807) is 13.2 Å². The maximum atomic E-state index is 12.9. The molecule has 2 N–H and O–H groups in total. The molecular formula is C13H20FNO. The number of aryl methyl sites for hydroxylation is 1. The van der Waals surface area contributed by atoms with Gasteiger partial charge in [0.15, 0.2) is 0 Å². The van der Waals surface area contributed by atoms with Gasteiger partial charge >= 0.3 is 0 Å². The van der Waals surface area contributed by atoms with Gasteiger partial charge in [-0.2, -0.15) is 0 Å². The summed E-state index contributed by atoms with van der Waals surface area (Å²) in [6.07, 6.45) is 0.687. The van der Waals surface area contributed by atoms with Crippen LogP contribution in [0.15, 0.2) is 18.2 Å². The second-order valence-electron chi connectivity index (χ2n) is 4.69. The first-order valence-electron chi connectivity index (χ1n) is 5.42. The molecule has 0 saturated carbocycles. The molecular weight excluding hydrogens is 205 g/mol. The van der Waals surface area contributed by atoms with E-state index in [0.717, 1.165) is 11.1 Å². The van der Waals surface area contributed by atoms with E-state index >= 15 is 0 Å². The topological polar surface area (TPSA) is 35.2 Å². The van der Waals surface area contributed by atoms with Gasteiger partial charge < -0.3 is 10.5 Å². The van der Waals surface area contributed by atoms with Crippen molar-refractivity contribution in [2.24, 2.45) is 5.73 Å². The van der Waals surface area contributed by atoms with Crippen LogP contribution in [0.5, 0.6) is 0 Å². The first kappa shape index (κ1) is 13.1. The van der Waals surface area contributed by atoms with Crippen LogP contribution in [0.3, 0.4) is 0 Å². The number of benzene rings is 1. The molecule has 90 valence electrons. The number of nitrogens with two attached hydrogens (primary N) is 1. The standard InChI is InChI=1S/C13H20FNO/c1-9-7-11(14)6-5-10(9)8-12(15)13(2,3)16-4/h5-7,12H,8,15H2,1-4H3. The van der Waals surface area contributed by atoms with Gasteiger partial charge in [-0.05, 0) is 50.5 Å². The van der Waals surface area contributed by atoms with Gasteiger partial charge in [0, 0.05) is 13.2 Å². The average molecular weight is 225 g/mol. The molecule has 16 heavy (non-hydrogen) atoms. The van der Waals surface area contributed by atoms with Crippen molar-refractivity contribution in [2.75, 3.05) is 7.11 Å². The Kier molecular flexibility index (Phi) is 4.05. The van der Waals surface area contributed by atoms with E-state index in [2.05, 4.69) is 0 Å². The minimum absolute atomic E-state index is 0.110. The zero-order chi connectivity index (χ0) is 12.3. The van der Waals surface area contributed by atoms with Crippen molar-refractivity contribution in [1.82, 2.24) is 0 Å². The van der Waals surface area contributed by atoms with Crippen LogP contribution in [0.4, 0.5) is 4.39 Å². The van der Waals surface area contributed by atoms with Gasteiger partial charge in [-0.3, -0.25) is 0 Å². The lowest BCUT2D eigenvalue weighted by molar-refractivity contribution is 0.000775. The summed E-state index contributed by atoms with van der Waals surface area (Å²) in [6, 6.07) is 4.68. The number of hydrogen-bond donors (Lipinski definition) is 1. The van der Waals surface area contributed by atoms with Crippen LogP contribution >= 0.6 is 0 Å². The van der Waals surface area contributed by atoms with Gasteiger partial charge in [-0.25, -0.2) is 4.39 Å². The van der Waals surface area contributed by atoms with Crippen molar-refractivity contribution in [2.45, 2.75) is 38.8 Å². The summed E-state index contributed by atoms with van der Waals surface area (Å²) in [4.78, 5) is 0. The molecule has 0 aliphatic heterocycles. The van der Waals surface area contributed by atoms with Crippen molar-refractivity contribution >= 4 is 0 Å². The summed E-state index contributed by atoms with van der Waals surface area (Å²) in [7, 11) is 1.65. The van der Waals surface area contributed by atoms with Gasteiger partial charge in [0.05, 0.1) is 5.60 Å². The van der Waals surface area contributed by atoms with E-state index in [-0.39, 0.29) is 17.5 Å². The molecule has 0 amide bonds. The van der Waals surface area contributed by atoms with Gasteiger partial charge in [0.2, 0.25) is 0 Å². The van der Waals surface area contributed by atoms with Crippen molar-refractivity contribution in [3.8, 4) is 0 Å². The molecule has 0 heterocycles. The van der Waals surface area contributed by atoms with Crippen molar-refractivity contribution in [1.29, 1.82) is 0 Å². The third-order valence-corrected chi connectivity index (χ3v) is 3.16. The highest BCUT2D eigenvalue weighted by atomic mass is 19.1. The first-order chi connectivity index (χ1) is 7.36. The third kappa shape index (κ3) is 3.03. The smallest absolute Gasteiger partial charge is 0.123 e. The van der Waals surface area contributed by atoms with Gasteiger partial charge in [0.25, 0.3) is 0 Å². The Morgan fingerprint density at radius 3 is 2.56 bits per heavy atom. The van der Waals surface area contributed by atoms with Gasteiger partial charge in [0.1, 0.15) is 5.82 Å². The summed E-state index contributed by atoms with van der Waals surface area (Å²) < 4.78 is 18.3. The Morgan fingerprint density at radius 1 is 1.44 bits per heavy atom. The van der Waals surface area contributed by atoms with E-state index in [0.29, 0.717) is 6.42 Å². The second kappa shape index (κ2) is 4.93. The summed E-state index contributed by atoms with van der Waals surface area (Å²) in [5.74, 6) is -0.208. The molecule has 2 nitrogen and oxygen atoms in total. The predicted octanol–water partition coefficient (Wildman–Crippen LogP) is 2.43. The normalized spacial score (nSPS) is 13.9. The highest BCUT2D eigenvalue weighted by Gasteiger charge is 2.26. The van der Waals surface area contributed by atoms with Gasteiger partial charge in [-0.1, -0.05) is 6.07 Å². The summed E-state index contributed by atoms with van der Waals surface area (Å²) in [5.41, 5.74) is 7.71. The number of hydrogen-bond acceptors (Lipinski definition) is 2. The molecule has 3 heteroatoms. The molecule has 0 spiro atoms. The average Bonchev–Trinajstić information content (AvgIpc) is 2.22. The summed E-state index contributed by atoms with van der Waals surface area (Å²) in [5, 5.41) is 0. The maximum Gasteiger partial charge on any atom is 0.123 e. The monoisotopic (exact) mass is 225 g/mol. The fourth-order valence-corrected chi connectivity index (χ4v) is 1.52. The number of rotatable bonds is 4. The molecule has 1 atom stereocenters. The number of methoxy groups -OCH3 is 1. The fraction of sp³-hybridized carbons (Fsp3) is 0.538. The van der Waals surface area contributed by atoms with Crippen LogP contribution in [-0.4, -0.2) is 18.8 Å². The highest BCUT2D eigenvalue weighted by molar-refractivity contribution is 5.27. The molecule has 0 aromatic heterocycles. The zero-order valence-corrected chi connectivity index (χ0v) is 10.4. The molecule has 0 fully saturated rings. The predicted molar refractivity (Wildman–Crippen MR) is 63.9 cm³/mol. The third-order valence-electron chi connectivity index (χ3n) is 3.16. The van der Waals surface area contributed by atoms with Crippen LogP contribution < -0.4 is 5.73 Å². The number of halogens is 1. The first-order valence-corrected chi connectivity index (χ1v) is 5.42. The Hall–Kier alpha value is -0.930. The summed E-state index contributed by atoms with van der Waals surface area (Å²) in [6.45, 7) is 5.80. The minimum atomic E-state index is -0.374. The molecule has 0 aliphatic rings. The quantitative estimate of drug-likeness (QED) is 0.854. The van der Waals surface area contributed by atoms with Crippen molar-refractivity contribution in [3.63, 3.8) is 0 Å². The molecule has 1 aromatic carbocycles. The molecule has 1 unspecified atom stereocenters. The fourth-order valence-electron chi connectivity index (χ4n) is 1.52. The Balaban J connectivity index is 2.81. The van der Waals surface area contributed by atoms with Crippen LogP contribution in [0.2, 0.25) is 0 Å². The van der Waals surface area contributed by atoms with E-state index < -0.39 is 0 Å². The van der Waals surface area contributed by atoms with Crippen molar-refractivity contribution in [3.05, 3.63) is 35.1 Å².